The smallest absolute Gasteiger partial charge is 0.283 e. The molecule has 0 saturated carbocycles. The first kappa shape index (κ1) is 16.0. The van der Waals surface area contributed by atoms with E-state index in [1.807, 2.05) is 0 Å². The van der Waals surface area contributed by atoms with Crippen molar-refractivity contribution in [3.05, 3.63) is 27.1 Å². The van der Waals surface area contributed by atoms with Crippen molar-refractivity contribution in [2.45, 2.75) is 10.8 Å². The monoisotopic (exact) mass is 407 g/mol. The number of nitrogens with one attached hydrogen (secondary N) is 1. The maximum Gasteiger partial charge on any atom is 0.283 e. The van der Waals surface area contributed by atoms with E-state index in [2.05, 4.69) is 31.9 Å². The molecule has 0 atom stereocenters. The van der Waals surface area contributed by atoms with Crippen LogP contribution in [0.3, 0.4) is 0 Å². The van der Waals surface area contributed by atoms with E-state index >= 15 is 0 Å². The van der Waals surface area contributed by atoms with E-state index in [9.17, 15) is 17.2 Å². The van der Waals surface area contributed by atoms with Crippen molar-refractivity contribution < 1.29 is 22.3 Å². The fourth-order valence-corrected chi connectivity index (χ4v) is 3.83. The number of aliphatic hydroxyl groups excluding tert-OH is 1. The molecule has 9 heteroatoms. The molecule has 0 aliphatic rings. The lowest BCUT2D eigenvalue weighted by atomic mass is 10.4. The Kier molecular flexibility index (Phi) is 5.24. The molecule has 102 valence electrons. The van der Waals surface area contributed by atoms with Crippen molar-refractivity contribution in [3.8, 4) is 0 Å². The summed E-state index contributed by atoms with van der Waals surface area (Å²) in [7, 11) is -4.06. The van der Waals surface area contributed by atoms with E-state index < -0.39 is 29.1 Å². The maximum absolute atomic E-state index is 12.8. The first-order valence-electron chi connectivity index (χ1n) is 4.61. The Bertz CT molecular complexity index is 537. The van der Waals surface area contributed by atoms with Gasteiger partial charge in [-0.15, -0.1) is 0 Å². The number of rotatable bonds is 5. The van der Waals surface area contributed by atoms with Gasteiger partial charge in [-0.1, -0.05) is 15.9 Å². The average Bonchev–Trinajstić information content (AvgIpc) is 2.26. The molecule has 1 rings (SSSR count). The van der Waals surface area contributed by atoms with Gasteiger partial charge in [0, 0.05) is 8.95 Å². The van der Waals surface area contributed by atoms with Gasteiger partial charge in [0.15, 0.2) is 0 Å². The summed E-state index contributed by atoms with van der Waals surface area (Å²) in [6.07, 6.45) is 0. The van der Waals surface area contributed by atoms with Crippen molar-refractivity contribution in [1.82, 2.24) is 4.72 Å². The van der Waals surface area contributed by atoms with E-state index in [-0.39, 0.29) is 9.37 Å². The van der Waals surface area contributed by atoms with E-state index in [4.69, 9.17) is 5.11 Å². The predicted octanol–water partition coefficient (Wildman–Crippen LogP) is 2.12. The summed E-state index contributed by atoms with van der Waals surface area (Å²) >= 11 is 6.18. The number of aliphatic hydroxyl groups is 1. The summed E-state index contributed by atoms with van der Waals surface area (Å²) in [4.78, 5) is -0.153. The van der Waals surface area contributed by atoms with E-state index in [1.54, 1.807) is 4.72 Å². The molecular formula is C9H9Br2F2NO3S. The number of alkyl halides is 2. The standard InChI is InChI=1S/C9H9Br2F2NO3S/c10-6-1-2-8(7(11)3-6)18(16,17)14-4-9(12,13)5-15/h1-3,14-15H,4-5H2. The molecule has 0 fully saturated rings. The van der Waals surface area contributed by atoms with E-state index in [0.717, 1.165) is 0 Å². The van der Waals surface area contributed by atoms with Crippen molar-refractivity contribution >= 4 is 41.9 Å². The molecule has 0 bridgehead atoms. The van der Waals surface area contributed by atoms with Crippen LogP contribution in [0.1, 0.15) is 0 Å². The van der Waals surface area contributed by atoms with Gasteiger partial charge in [0.05, 0.1) is 11.4 Å². The van der Waals surface area contributed by atoms with Gasteiger partial charge >= 0.3 is 0 Å². The number of sulfonamides is 1. The molecule has 1 aromatic rings. The Morgan fingerprint density at radius 2 is 1.94 bits per heavy atom. The van der Waals surface area contributed by atoms with Crippen LogP contribution in [0.15, 0.2) is 32.0 Å². The molecule has 0 aromatic heterocycles. The Morgan fingerprint density at radius 1 is 1.33 bits per heavy atom. The van der Waals surface area contributed by atoms with Gasteiger partial charge in [-0.2, -0.15) is 0 Å². The van der Waals surface area contributed by atoms with Crippen LogP contribution in [0.2, 0.25) is 0 Å². The van der Waals surface area contributed by atoms with E-state index in [0.29, 0.717) is 4.47 Å². The van der Waals surface area contributed by atoms with Crippen molar-refractivity contribution in [2.24, 2.45) is 0 Å². The molecule has 18 heavy (non-hydrogen) atoms. The average molecular weight is 409 g/mol. The molecule has 0 aliphatic carbocycles. The zero-order valence-electron chi connectivity index (χ0n) is 8.83. The topological polar surface area (TPSA) is 66.4 Å². The summed E-state index contributed by atoms with van der Waals surface area (Å²) in [5.74, 6) is -3.49. The van der Waals surface area contributed by atoms with Crippen LogP contribution in [-0.4, -0.2) is 32.6 Å². The normalized spacial score (nSPS) is 12.7. The van der Waals surface area contributed by atoms with Crippen molar-refractivity contribution in [3.63, 3.8) is 0 Å². The molecule has 0 aliphatic heterocycles. The highest BCUT2D eigenvalue weighted by Crippen LogP contribution is 2.25. The molecule has 0 radical (unpaired) electrons. The second-order valence-corrected chi connectivity index (χ2v) is 6.92. The molecule has 0 saturated heterocycles. The third kappa shape index (κ3) is 4.23. The molecule has 0 spiro atoms. The highest BCUT2D eigenvalue weighted by atomic mass is 79.9. The van der Waals surface area contributed by atoms with E-state index in [1.165, 1.54) is 18.2 Å². The largest absolute Gasteiger partial charge is 0.390 e. The lowest BCUT2D eigenvalue weighted by Crippen LogP contribution is -2.39. The van der Waals surface area contributed by atoms with Crippen LogP contribution in [0.4, 0.5) is 8.78 Å². The van der Waals surface area contributed by atoms with Crippen LogP contribution in [0, 0.1) is 0 Å². The third-order valence-corrected chi connectivity index (χ3v) is 4.81. The Balaban J connectivity index is 2.94. The van der Waals surface area contributed by atoms with Crippen LogP contribution in [-0.2, 0) is 10.0 Å². The second-order valence-electron chi connectivity index (χ2n) is 3.41. The minimum Gasteiger partial charge on any atom is -0.390 e. The molecule has 2 N–H and O–H groups in total. The summed E-state index contributed by atoms with van der Waals surface area (Å²) in [5.41, 5.74) is 0. The first-order valence-corrected chi connectivity index (χ1v) is 7.68. The molecule has 0 unspecified atom stereocenters. The fraction of sp³-hybridized carbons (Fsp3) is 0.333. The van der Waals surface area contributed by atoms with Crippen LogP contribution < -0.4 is 4.72 Å². The molecule has 4 nitrogen and oxygen atoms in total. The molecular weight excluding hydrogens is 400 g/mol. The third-order valence-electron chi connectivity index (χ3n) is 1.94. The summed E-state index contributed by atoms with van der Waals surface area (Å²) in [6, 6.07) is 4.23. The first-order chi connectivity index (χ1) is 8.18. The van der Waals surface area contributed by atoms with Gasteiger partial charge in [-0.3, -0.25) is 0 Å². The van der Waals surface area contributed by atoms with Gasteiger partial charge in [0.2, 0.25) is 10.0 Å². The predicted molar refractivity (Wildman–Crippen MR) is 69.1 cm³/mol. The highest BCUT2D eigenvalue weighted by Gasteiger charge is 2.30. The molecule has 1 aromatic carbocycles. The van der Waals surface area contributed by atoms with Gasteiger partial charge < -0.3 is 5.11 Å². The lowest BCUT2D eigenvalue weighted by Gasteiger charge is -2.14. The highest BCUT2D eigenvalue weighted by molar-refractivity contribution is 9.11. The Labute approximate surface area is 120 Å². The van der Waals surface area contributed by atoms with Crippen LogP contribution >= 0.6 is 31.9 Å². The lowest BCUT2D eigenvalue weighted by molar-refractivity contribution is -0.0437. The number of benzene rings is 1. The van der Waals surface area contributed by atoms with Gasteiger partial charge in [0.1, 0.15) is 6.61 Å². The van der Waals surface area contributed by atoms with Crippen molar-refractivity contribution in [1.29, 1.82) is 0 Å². The molecule has 0 heterocycles. The minimum absolute atomic E-state index is 0.153. The number of halogens is 4. The van der Waals surface area contributed by atoms with Gasteiger partial charge in [-0.25, -0.2) is 21.9 Å². The summed E-state index contributed by atoms with van der Waals surface area (Å²) in [6.45, 7) is -2.58. The zero-order chi connectivity index (χ0) is 14.0. The van der Waals surface area contributed by atoms with Crippen LogP contribution in [0.5, 0.6) is 0 Å². The van der Waals surface area contributed by atoms with Gasteiger partial charge in [0.25, 0.3) is 5.92 Å². The SMILES string of the molecule is O=S(=O)(NCC(F)(F)CO)c1ccc(Br)cc1Br. The number of hydrogen-bond donors (Lipinski definition) is 2. The van der Waals surface area contributed by atoms with Crippen molar-refractivity contribution in [2.75, 3.05) is 13.2 Å². The molecule has 0 amide bonds. The minimum atomic E-state index is -4.06. The van der Waals surface area contributed by atoms with Crippen LogP contribution in [0.25, 0.3) is 0 Å². The quantitative estimate of drug-likeness (QED) is 0.784. The summed E-state index contributed by atoms with van der Waals surface area (Å²) in [5, 5.41) is 8.35. The fourth-order valence-electron chi connectivity index (χ4n) is 1.03. The number of hydrogen-bond acceptors (Lipinski definition) is 3. The maximum atomic E-state index is 12.8. The summed E-state index contributed by atoms with van der Waals surface area (Å²) < 4.78 is 51.7. The Morgan fingerprint density at radius 3 is 2.44 bits per heavy atom. The zero-order valence-corrected chi connectivity index (χ0v) is 12.8. The Hall–Kier alpha value is -0.0900. The second kappa shape index (κ2) is 5.91. The van der Waals surface area contributed by atoms with Gasteiger partial charge in [-0.05, 0) is 34.1 Å².